The van der Waals surface area contributed by atoms with Crippen LogP contribution >= 0.6 is 8.38 Å². The Morgan fingerprint density at radius 1 is 0.880 bits per heavy atom. The molecule has 0 unspecified atom stereocenters. The van der Waals surface area contributed by atoms with Crippen molar-refractivity contribution in [1.82, 2.24) is 0 Å². The van der Waals surface area contributed by atoms with E-state index in [2.05, 4.69) is 26.5 Å². The van der Waals surface area contributed by atoms with E-state index in [0.29, 0.717) is 0 Å². The summed E-state index contributed by atoms with van der Waals surface area (Å²) >= 11 is 0. The Bertz CT molecular complexity index is 647. The van der Waals surface area contributed by atoms with Crippen molar-refractivity contribution >= 4 is 8.38 Å². The summed E-state index contributed by atoms with van der Waals surface area (Å²) in [5.74, 6) is 1.66. The molecule has 132 valence electrons. The molecule has 0 saturated heterocycles. The Morgan fingerprint density at radius 3 is 1.84 bits per heavy atom. The molecule has 0 heterocycles. The lowest BCUT2D eigenvalue weighted by molar-refractivity contribution is 0.494. The molecular weight excluding hydrogens is 327 g/mol. The van der Waals surface area contributed by atoms with Gasteiger partial charge in [-0.3, -0.25) is 0 Å². The van der Waals surface area contributed by atoms with E-state index in [4.69, 9.17) is 9.05 Å². The summed E-state index contributed by atoms with van der Waals surface area (Å²) in [6.45, 7) is 6.47. The second-order valence-corrected chi connectivity index (χ2v) is 7.29. The van der Waals surface area contributed by atoms with Crippen LogP contribution in [0.15, 0.2) is 77.3 Å². The molecule has 25 heavy (non-hydrogen) atoms. The van der Waals surface area contributed by atoms with Gasteiger partial charge >= 0.3 is 8.38 Å². The van der Waals surface area contributed by atoms with Gasteiger partial charge in [-0.05, 0) is 56.0 Å². The molecule has 0 saturated carbocycles. The maximum Gasteiger partial charge on any atom is 0.330 e. The lowest BCUT2D eigenvalue weighted by Gasteiger charge is -2.20. The quantitative estimate of drug-likeness (QED) is 0.343. The SMILES string of the molecule is CCCCC(=C=C(C)CC)P(Oc1ccccc1)Oc1ccccc1. The largest absolute Gasteiger partial charge is 0.435 e. The van der Waals surface area contributed by atoms with Gasteiger partial charge < -0.3 is 9.05 Å². The van der Waals surface area contributed by atoms with E-state index in [9.17, 15) is 0 Å². The van der Waals surface area contributed by atoms with Crippen molar-refractivity contribution in [1.29, 1.82) is 0 Å². The van der Waals surface area contributed by atoms with Crippen LogP contribution in [0.25, 0.3) is 0 Å². The van der Waals surface area contributed by atoms with Gasteiger partial charge in [-0.25, -0.2) is 0 Å². The van der Waals surface area contributed by atoms with E-state index in [1.165, 1.54) is 5.57 Å². The van der Waals surface area contributed by atoms with Crippen LogP contribution in [0.4, 0.5) is 0 Å². The van der Waals surface area contributed by atoms with Gasteiger partial charge in [0.1, 0.15) is 11.5 Å². The average molecular weight is 354 g/mol. The number of hydrogen-bond donors (Lipinski definition) is 0. The molecule has 0 N–H and O–H groups in total. The smallest absolute Gasteiger partial charge is 0.330 e. The third-order valence-electron chi connectivity index (χ3n) is 3.74. The van der Waals surface area contributed by atoms with Crippen molar-refractivity contribution in [2.75, 3.05) is 0 Å². The average Bonchev–Trinajstić information content (AvgIpc) is 2.66. The van der Waals surface area contributed by atoms with Gasteiger partial charge in [0.2, 0.25) is 0 Å². The van der Waals surface area contributed by atoms with Crippen molar-refractivity contribution < 1.29 is 9.05 Å². The van der Waals surface area contributed by atoms with Gasteiger partial charge in [-0.1, -0.05) is 56.7 Å². The lowest BCUT2D eigenvalue weighted by Crippen LogP contribution is -1.99. The minimum Gasteiger partial charge on any atom is -0.435 e. The topological polar surface area (TPSA) is 18.5 Å². The first-order valence-electron chi connectivity index (χ1n) is 8.94. The van der Waals surface area contributed by atoms with Crippen molar-refractivity contribution in [3.05, 3.63) is 77.3 Å². The maximum atomic E-state index is 6.25. The highest BCUT2D eigenvalue weighted by Crippen LogP contribution is 2.49. The molecule has 0 aliphatic heterocycles. The number of rotatable bonds is 9. The summed E-state index contributed by atoms with van der Waals surface area (Å²) in [6, 6.07) is 19.8. The fraction of sp³-hybridized carbons (Fsp3) is 0.318. The highest BCUT2D eigenvalue weighted by molar-refractivity contribution is 7.52. The Morgan fingerprint density at radius 2 is 1.40 bits per heavy atom. The molecule has 0 aliphatic carbocycles. The van der Waals surface area contributed by atoms with Crippen LogP contribution in [0.5, 0.6) is 11.5 Å². The third-order valence-corrected chi connectivity index (χ3v) is 5.27. The van der Waals surface area contributed by atoms with Crippen LogP contribution in [-0.2, 0) is 0 Å². The van der Waals surface area contributed by atoms with E-state index in [1.807, 2.05) is 60.7 Å². The molecule has 0 aliphatic rings. The summed E-state index contributed by atoms with van der Waals surface area (Å²) in [6.07, 6.45) is 4.17. The molecule has 0 aromatic heterocycles. The summed E-state index contributed by atoms with van der Waals surface area (Å²) in [5.41, 5.74) is 4.78. The Kier molecular flexibility index (Phi) is 8.32. The van der Waals surface area contributed by atoms with Gasteiger partial charge in [0.15, 0.2) is 0 Å². The summed E-state index contributed by atoms with van der Waals surface area (Å²) < 4.78 is 12.5. The van der Waals surface area contributed by atoms with Crippen LogP contribution in [0.3, 0.4) is 0 Å². The maximum absolute atomic E-state index is 6.25. The Hall–Kier alpha value is -2.01. The molecule has 2 aromatic rings. The molecule has 3 heteroatoms. The second-order valence-electron chi connectivity index (χ2n) is 5.87. The van der Waals surface area contributed by atoms with Gasteiger partial charge in [-0.15, -0.1) is 5.73 Å². The van der Waals surface area contributed by atoms with Crippen LogP contribution in [0, 0.1) is 0 Å². The van der Waals surface area contributed by atoms with Gasteiger partial charge in [-0.2, -0.15) is 0 Å². The van der Waals surface area contributed by atoms with Gasteiger partial charge in [0, 0.05) is 0 Å². The summed E-state index contributed by atoms with van der Waals surface area (Å²) in [5, 5.41) is 1.13. The van der Waals surface area contributed by atoms with E-state index in [1.54, 1.807) is 0 Å². The van der Waals surface area contributed by atoms with E-state index in [-0.39, 0.29) is 0 Å². The third kappa shape index (κ3) is 6.78. The predicted molar refractivity (Wildman–Crippen MR) is 107 cm³/mol. The summed E-state index contributed by atoms with van der Waals surface area (Å²) in [4.78, 5) is 0. The van der Waals surface area contributed by atoms with Crippen LogP contribution in [-0.4, -0.2) is 0 Å². The molecule has 0 bridgehead atoms. The zero-order valence-corrected chi connectivity index (χ0v) is 16.3. The molecule has 0 spiro atoms. The predicted octanol–water partition coefficient (Wildman–Crippen LogP) is 7.49. The standard InChI is InChI=1S/C22H27O2P/c1-4-6-17-22(18-19(3)5-2)25(23-20-13-9-7-10-14-20)24-21-15-11-8-12-16-21/h7-16H,4-6,17H2,1-3H3. The van der Waals surface area contributed by atoms with Gasteiger partial charge in [0.05, 0.1) is 5.31 Å². The molecular formula is C22H27O2P. The highest BCUT2D eigenvalue weighted by Gasteiger charge is 2.21. The van der Waals surface area contributed by atoms with Crippen LogP contribution in [0.2, 0.25) is 0 Å². The molecule has 0 atom stereocenters. The van der Waals surface area contributed by atoms with Crippen molar-refractivity contribution in [3.63, 3.8) is 0 Å². The zero-order valence-electron chi connectivity index (χ0n) is 15.4. The van der Waals surface area contributed by atoms with Crippen molar-refractivity contribution in [2.24, 2.45) is 0 Å². The van der Waals surface area contributed by atoms with Crippen molar-refractivity contribution in [3.8, 4) is 11.5 Å². The number of hydrogen-bond acceptors (Lipinski definition) is 2. The fourth-order valence-electron chi connectivity index (χ4n) is 2.16. The first kappa shape index (κ1) is 19.3. The summed E-state index contributed by atoms with van der Waals surface area (Å²) in [7, 11) is -1.24. The Balaban J connectivity index is 2.34. The Labute approximate surface area is 153 Å². The van der Waals surface area contributed by atoms with Crippen molar-refractivity contribution in [2.45, 2.75) is 46.5 Å². The molecule has 2 nitrogen and oxygen atoms in total. The number of allylic oxidation sites excluding steroid dienone is 1. The molecule has 0 amide bonds. The minimum absolute atomic E-state index is 0.828. The molecule has 0 radical (unpaired) electrons. The molecule has 0 fully saturated rings. The van der Waals surface area contributed by atoms with Gasteiger partial charge in [0.25, 0.3) is 0 Å². The van der Waals surface area contributed by atoms with E-state index in [0.717, 1.165) is 42.5 Å². The zero-order chi connectivity index (χ0) is 17.9. The van der Waals surface area contributed by atoms with E-state index >= 15 is 0 Å². The van der Waals surface area contributed by atoms with Crippen LogP contribution < -0.4 is 9.05 Å². The molecule has 2 aromatic carbocycles. The lowest BCUT2D eigenvalue weighted by atomic mass is 10.2. The second kappa shape index (κ2) is 10.8. The highest BCUT2D eigenvalue weighted by atomic mass is 31.2. The first-order valence-corrected chi connectivity index (χ1v) is 10.1. The fourth-order valence-corrected chi connectivity index (χ4v) is 3.67. The van der Waals surface area contributed by atoms with Crippen LogP contribution in [0.1, 0.15) is 46.5 Å². The number of unbranched alkanes of at least 4 members (excludes halogenated alkanes) is 1. The van der Waals surface area contributed by atoms with E-state index < -0.39 is 8.38 Å². The molecule has 2 rings (SSSR count). The normalized spacial score (nSPS) is 10.2. The monoisotopic (exact) mass is 354 g/mol. The number of para-hydroxylation sites is 2. The minimum atomic E-state index is -1.24. The number of benzene rings is 2. The first-order chi connectivity index (χ1) is 12.2.